The highest BCUT2D eigenvalue weighted by Gasteiger charge is 2.25. The highest BCUT2D eigenvalue weighted by Crippen LogP contribution is 2.25. The van der Waals surface area contributed by atoms with Crippen LogP contribution in [-0.4, -0.2) is 40.6 Å². The molecule has 1 fully saturated rings. The second kappa shape index (κ2) is 6.62. The molecule has 0 bridgehead atoms. The number of likely N-dealkylation sites (tertiary alicyclic amines) is 1. The Bertz CT molecular complexity index is 621. The maximum atomic E-state index is 11.0. The standard InChI is InChI=1S/C16H19N3O3/c20-16(21)12-5-3-7-15(18-12)17-11-13(14-6-4-10-22-14)19-8-1-2-9-19/h3-7,10,13H,1-2,8-9,11H2,(H,17,18)(H,20,21). The third kappa shape index (κ3) is 3.28. The Balaban J connectivity index is 1.71. The minimum Gasteiger partial charge on any atom is -0.477 e. The predicted octanol–water partition coefficient (Wildman–Crippen LogP) is 2.62. The van der Waals surface area contributed by atoms with Crippen LogP contribution in [0.3, 0.4) is 0 Å². The van der Waals surface area contributed by atoms with Gasteiger partial charge in [-0.05, 0) is 50.2 Å². The molecule has 0 aliphatic carbocycles. The van der Waals surface area contributed by atoms with Gasteiger partial charge >= 0.3 is 5.97 Å². The van der Waals surface area contributed by atoms with Gasteiger partial charge in [-0.1, -0.05) is 6.07 Å². The van der Waals surface area contributed by atoms with Gasteiger partial charge in [-0.25, -0.2) is 9.78 Å². The van der Waals surface area contributed by atoms with Gasteiger partial charge in [0.1, 0.15) is 11.6 Å². The largest absolute Gasteiger partial charge is 0.477 e. The van der Waals surface area contributed by atoms with E-state index in [0.717, 1.165) is 18.8 Å². The molecule has 2 N–H and O–H groups in total. The third-order valence-corrected chi connectivity index (χ3v) is 3.90. The smallest absolute Gasteiger partial charge is 0.354 e. The van der Waals surface area contributed by atoms with E-state index in [-0.39, 0.29) is 11.7 Å². The van der Waals surface area contributed by atoms with E-state index in [0.29, 0.717) is 12.4 Å². The Morgan fingerprint density at radius 1 is 1.32 bits per heavy atom. The number of hydrogen-bond donors (Lipinski definition) is 2. The second-order valence-corrected chi connectivity index (χ2v) is 5.37. The van der Waals surface area contributed by atoms with Crippen molar-refractivity contribution >= 4 is 11.8 Å². The minimum absolute atomic E-state index is 0.0423. The van der Waals surface area contributed by atoms with Crippen molar-refractivity contribution in [1.82, 2.24) is 9.88 Å². The molecule has 6 heteroatoms. The summed E-state index contributed by atoms with van der Waals surface area (Å²) in [5.74, 6) is 0.463. The average molecular weight is 301 g/mol. The van der Waals surface area contributed by atoms with Crippen LogP contribution >= 0.6 is 0 Å². The van der Waals surface area contributed by atoms with Crippen LogP contribution < -0.4 is 5.32 Å². The van der Waals surface area contributed by atoms with E-state index in [4.69, 9.17) is 9.52 Å². The number of aromatic nitrogens is 1. The molecule has 6 nitrogen and oxygen atoms in total. The van der Waals surface area contributed by atoms with Gasteiger partial charge < -0.3 is 14.8 Å². The fraction of sp³-hybridized carbons (Fsp3) is 0.375. The molecular weight excluding hydrogens is 282 g/mol. The normalized spacial score (nSPS) is 16.5. The monoisotopic (exact) mass is 301 g/mol. The van der Waals surface area contributed by atoms with Gasteiger partial charge in [0.2, 0.25) is 0 Å². The van der Waals surface area contributed by atoms with Gasteiger partial charge in [0.15, 0.2) is 5.69 Å². The van der Waals surface area contributed by atoms with Crippen LogP contribution in [0.5, 0.6) is 0 Å². The number of carbonyl (C=O) groups is 1. The van der Waals surface area contributed by atoms with Gasteiger partial charge in [0.25, 0.3) is 0 Å². The lowest BCUT2D eigenvalue weighted by Gasteiger charge is -2.26. The number of carboxylic acid groups (broad SMARTS) is 1. The van der Waals surface area contributed by atoms with Crippen molar-refractivity contribution in [2.45, 2.75) is 18.9 Å². The van der Waals surface area contributed by atoms with Crippen LogP contribution in [0.1, 0.15) is 35.1 Å². The number of nitrogens with zero attached hydrogens (tertiary/aromatic N) is 2. The lowest BCUT2D eigenvalue weighted by Crippen LogP contribution is -2.31. The number of furan rings is 1. The summed E-state index contributed by atoms with van der Waals surface area (Å²) < 4.78 is 5.56. The van der Waals surface area contributed by atoms with Crippen LogP contribution in [0.15, 0.2) is 41.0 Å². The molecule has 3 heterocycles. The summed E-state index contributed by atoms with van der Waals surface area (Å²) in [5.41, 5.74) is 0.0423. The molecule has 1 atom stereocenters. The number of anilines is 1. The second-order valence-electron chi connectivity index (χ2n) is 5.37. The summed E-state index contributed by atoms with van der Waals surface area (Å²) in [6.45, 7) is 2.73. The van der Waals surface area contributed by atoms with Crippen molar-refractivity contribution in [2.75, 3.05) is 25.0 Å². The minimum atomic E-state index is -1.02. The zero-order chi connectivity index (χ0) is 15.4. The Kier molecular flexibility index (Phi) is 4.39. The van der Waals surface area contributed by atoms with Crippen LogP contribution in [0, 0.1) is 0 Å². The molecule has 2 aromatic heterocycles. The number of rotatable bonds is 6. The molecule has 0 spiro atoms. The Labute approximate surface area is 128 Å². The van der Waals surface area contributed by atoms with Gasteiger partial charge in [0.05, 0.1) is 12.3 Å². The molecule has 1 aliphatic heterocycles. The lowest BCUT2D eigenvalue weighted by molar-refractivity contribution is 0.0690. The molecule has 0 radical (unpaired) electrons. The van der Waals surface area contributed by atoms with Crippen LogP contribution in [0.2, 0.25) is 0 Å². The van der Waals surface area contributed by atoms with E-state index in [1.807, 2.05) is 12.1 Å². The third-order valence-electron chi connectivity index (χ3n) is 3.90. The first-order valence-corrected chi connectivity index (χ1v) is 7.46. The molecule has 2 aromatic rings. The van der Waals surface area contributed by atoms with Gasteiger partial charge in [0, 0.05) is 6.54 Å². The predicted molar refractivity (Wildman–Crippen MR) is 81.9 cm³/mol. The molecule has 0 amide bonds. The molecule has 116 valence electrons. The van der Waals surface area contributed by atoms with E-state index in [9.17, 15) is 4.79 Å². The van der Waals surface area contributed by atoms with Crippen LogP contribution in [0.25, 0.3) is 0 Å². The Morgan fingerprint density at radius 2 is 2.14 bits per heavy atom. The van der Waals surface area contributed by atoms with Gasteiger partial charge in [-0.15, -0.1) is 0 Å². The fourth-order valence-electron chi connectivity index (χ4n) is 2.80. The zero-order valence-electron chi connectivity index (χ0n) is 12.2. The van der Waals surface area contributed by atoms with Crippen LogP contribution in [-0.2, 0) is 0 Å². The van der Waals surface area contributed by atoms with E-state index in [2.05, 4.69) is 15.2 Å². The highest BCUT2D eigenvalue weighted by atomic mass is 16.4. The quantitative estimate of drug-likeness (QED) is 0.854. The number of hydrogen-bond acceptors (Lipinski definition) is 5. The van der Waals surface area contributed by atoms with Gasteiger partial charge in [-0.2, -0.15) is 0 Å². The number of carboxylic acids is 1. The topological polar surface area (TPSA) is 78.6 Å². The first-order chi connectivity index (χ1) is 10.7. The first-order valence-electron chi connectivity index (χ1n) is 7.46. The van der Waals surface area contributed by atoms with Crippen molar-refractivity contribution in [3.05, 3.63) is 48.0 Å². The Hall–Kier alpha value is -2.34. The molecule has 1 aliphatic rings. The Morgan fingerprint density at radius 3 is 2.82 bits per heavy atom. The van der Waals surface area contributed by atoms with Crippen molar-refractivity contribution in [2.24, 2.45) is 0 Å². The van der Waals surface area contributed by atoms with E-state index < -0.39 is 5.97 Å². The summed E-state index contributed by atoms with van der Waals surface area (Å²) in [7, 11) is 0. The SMILES string of the molecule is O=C(O)c1cccc(NCC(c2ccco2)N2CCCC2)n1. The van der Waals surface area contributed by atoms with E-state index >= 15 is 0 Å². The maximum absolute atomic E-state index is 11.0. The van der Waals surface area contributed by atoms with Crippen molar-refractivity contribution in [3.8, 4) is 0 Å². The van der Waals surface area contributed by atoms with Gasteiger partial charge in [-0.3, -0.25) is 4.90 Å². The molecule has 1 saturated heterocycles. The summed E-state index contributed by atoms with van der Waals surface area (Å²) in [5, 5.41) is 12.2. The van der Waals surface area contributed by atoms with E-state index in [1.165, 1.54) is 18.9 Å². The summed E-state index contributed by atoms with van der Waals surface area (Å²) >= 11 is 0. The van der Waals surface area contributed by atoms with Crippen molar-refractivity contribution < 1.29 is 14.3 Å². The zero-order valence-corrected chi connectivity index (χ0v) is 12.2. The molecule has 0 saturated carbocycles. The number of pyridine rings is 1. The lowest BCUT2D eigenvalue weighted by atomic mass is 10.2. The van der Waals surface area contributed by atoms with Crippen LogP contribution in [0.4, 0.5) is 5.82 Å². The first kappa shape index (κ1) is 14.6. The maximum Gasteiger partial charge on any atom is 0.354 e. The molecule has 3 rings (SSSR count). The van der Waals surface area contributed by atoms with Crippen molar-refractivity contribution in [3.63, 3.8) is 0 Å². The molecular formula is C16H19N3O3. The summed E-state index contributed by atoms with van der Waals surface area (Å²) in [4.78, 5) is 17.4. The average Bonchev–Trinajstić information content (AvgIpc) is 3.21. The highest BCUT2D eigenvalue weighted by molar-refractivity contribution is 5.85. The van der Waals surface area contributed by atoms with E-state index in [1.54, 1.807) is 18.4 Å². The molecule has 0 aromatic carbocycles. The number of aromatic carboxylic acids is 1. The summed E-state index contributed by atoms with van der Waals surface area (Å²) in [6.07, 6.45) is 4.08. The summed E-state index contributed by atoms with van der Waals surface area (Å²) in [6, 6.07) is 8.95. The molecule has 1 unspecified atom stereocenters. The van der Waals surface area contributed by atoms with Crippen molar-refractivity contribution in [1.29, 1.82) is 0 Å². The fourth-order valence-corrected chi connectivity index (χ4v) is 2.80. The molecule has 22 heavy (non-hydrogen) atoms. The number of nitrogens with one attached hydrogen (secondary N) is 1.